The SMILES string of the molecule is CCCC(=O)Nc1nc2ccc(NC(=O)COc3ccc(Cl)c(C)c3)cc2s1. The van der Waals surface area contributed by atoms with Gasteiger partial charge in [0.15, 0.2) is 11.7 Å². The minimum Gasteiger partial charge on any atom is -0.484 e. The molecule has 1 heterocycles. The van der Waals surface area contributed by atoms with E-state index in [1.807, 2.05) is 19.9 Å². The van der Waals surface area contributed by atoms with Crippen molar-refractivity contribution < 1.29 is 14.3 Å². The Balaban J connectivity index is 1.60. The molecule has 146 valence electrons. The second-order valence-electron chi connectivity index (χ2n) is 6.25. The van der Waals surface area contributed by atoms with E-state index in [0.29, 0.717) is 28.0 Å². The molecule has 0 saturated heterocycles. The van der Waals surface area contributed by atoms with Crippen LogP contribution in [0.4, 0.5) is 10.8 Å². The lowest BCUT2D eigenvalue weighted by Gasteiger charge is -2.08. The van der Waals surface area contributed by atoms with E-state index < -0.39 is 0 Å². The van der Waals surface area contributed by atoms with Crippen molar-refractivity contribution in [1.82, 2.24) is 4.98 Å². The van der Waals surface area contributed by atoms with Crippen LogP contribution in [0.3, 0.4) is 0 Å². The van der Waals surface area contributed by atoms with Crippen molar-refractivity contribution in [3.05, 3.63) is 47.0 Å². The number of hydrogen-bond donors (Lipinski definition) is 2. The number of carbonyl (C=O) groups excluding carboxylic acids is 2. The third kappa shape index (κ3) is 5.21. The zero-order valence-corrected chi connectivity index (χ0v) is 17.1. The summed E-state index contributed by atoms with van der Waals surface area (Å²) in [6.45, 7) is 3.71. The van der Waals surface area contributed by atoms with Crippen molar-refractivity contribution in [1.29, 1.82) is 0 Å². The van der Waals surface area contributed by atoms with Crippen LogP contribution in [0.5, 0.6) is 5.75 Å². The molecule has 6 nitrogen and oxygen atoms in total. The molecule has 2 N–H and O–H groups in total. The van der Waals surface area contributed by atoms with Crippen LogP contribution >= 0.6 is 22.9 Å². The number of thiazole rings is 1. The number of hydrogen-bond acceptors (Lipinski definition) is 5. The van der Waals surface area contributed by atoms with Crippen molar-refractivity contribution in [3.63, 3.8) is 0 Å². The number of benzene rings is 2. The van der Waals surface area contributed by atoms with Gasteiger partial charge >= 0.3 is 0 Å². The Bertz CT molecular complexity index is 1020. The zero-order chi connectivity index (χ0) is 20.1. The number of aromatic nitrogens is 1. The Morgan fingerprint density at radius 3 is 2.71 bits per heavy atom. The first-order valence-electron chi connectivity index (χ1n) is 8.84. The molecule has 0 aliphatic carbocycles. The lowest BCUT2D eigenvalue weighted by Crippen LogP contribution is -2.20. The fourth-order valence-electron chi connectivity index (χ4n) is 2.52. The van der Waals surface area contributed by atoms with Crippen LogP contribution < -0.4 is 15.4 Å². The lowest BCUT2D eigenvalue weighted by molar-refractivity contribution is -0.118. The third-order valence-electron chi connectivity index (χ3n) is 3.89. The number of fused-ring (bicyclic) bond motifs is 1. The monoisotopic (exact) mass is 417 g/mol. The van der Waals surface area contributed by atoms with Gasteiger partial charge in [0.05, 0.1) is 10.2 Å². The van der Waals surface area contributed by atoms with Gasteiger partial charge in [-0.3, -0.25) is 9.59 Å². The lowest BCUT2D eigenvalue weighted by atomic mass is 10.2. The minimum absolute atomic E-state index is 0.0512. The van der Waals surface area contributed by atoms with Crippen LogP contribution in [0.15, 0.2) is 36.4 Å². The van der Waals surface area contributed by atoms with Gasteiger partial charge in [-0.1, -0.05) is 29.9 Å². The molecule has 0 spiro atoms. The molecular weight excluding hydrogens is 398 g/mol. The minimum atomic E-state index is -0.270. The highest BCUT2D eigenvalue weighted by Crippen LogP contribution is 2.28. The number of carbonyl (C=O) groups is 2. The number of anilines is 2. The molecule has 0 radical (unpaired) electrons. The highest BCUT2D eigenvalue weighted by Gasteiger charge is 2.10. The van der Waals surface area contributed by atoms with Crippen LogP contribution in [-0.4, -0.2) is 23.4 Å². The third-order valence-corrected chi connectivity index (χ3v) is 5.25. The van der Waals surface area contributed by atoms with Gasteiger partial charge in [-0.15, -0.1) is 0 Å². The van der Waals surface area contributed by atoms with Crippen LogP contribution in [0.25, 0.3) is 10.2 Å². The molecule has 3 rings (SSSR count). The van der Waals surface area contributed by atoms with Gasteiger partial charge in [0.25, 0.3) is 5.91 Å². The number of nitrogens with one attached hydrogen (secondary N) is 2. The van der Waals surface area contributed by atoms with Gasteiger partial charge in [0, 0.05) is 17.1 Å². The summed E-state index contributed by atoms with van der Waals surface area (Å²) in [5.41, 5.74) is 2.29. The molecule has 0 aliphatic rings. The van der Waals surface area contributed by atoms with Crippen molar-refractivity contribution >= 4 is 55.8 Å². The summed E-state index contributed by atoms with van der Waals surface area (Å²) in [6.07, 6.45) is 1.24. The first-order valence-corrected chi connectivity index (χ1v) is 10.0. The summed E-state index contributed by atoms with van der Waals surface area (Å²) in [6, 6.07) is 10.6. The maximum Gasteiger partial charge on any atom is 0.262 e. The van der Waals surface area contributed by atoms with Crippen molar-refractivity contribution in [2.45, 2.75) is 26.7 Å². The maximum absolute atomic E-state index is 12.2. The van der Waals surface area contributed by atoms with Crippen molar-refractivity contribution in [2.75, 3.05) is 17.2 Å². The molecule has 1 aromatic heterocycles. The fourth-order valence-corrected chi connectivity index (χ4v) is 3.56. The first kappa shape index (κ1) is 20.1. The zero-order valence-electron chi connectivity index (χ0n) is 15.5. The smallest absolute Gasteiger partial charge is 0.262 e. The molecule has 2 aromatic carbocycles. The highest BCUT2D eigenvalue weighted by atomic mass is 35.5. The van der Waals surface area contributed by atoms with Crippen molar-refractivity contribution in [2.24, 2.45) is 0 Å². The molecular formula is C20H20ClN3O3S. The molecule has 0 saturated carbocycles. The second kappa shape index (κ2) is 9.03. The molecule has 0 atom stereocenters. The fraction of sp³-hybridized carbons (Fsp3) is 0.250. The number of rotatable bonds is 7. The molecule has 0 unspecified atom stereocenters. The number of halogens is 1. The summed E-state index contributed by atoms with van der Waals surface area (Å²) in [5.74, 6) is 0.264. The average Bonchev–Trinajstić information content (AvgIpc) is 3.04. The van der Waals surface area contributed by atoms with E-state index in [1.54, 1.807) is 30.3 Å². The Morgan fingerprint density at radius 1 is 1.14 bits per heavy atom. The summed E-state index contributed by atoms with van der Waals surface area (Å²) in [4.78, 5) is 28.3. The Kier molecular flexibility index (Phi) is 6.49. The van der Waals surface area contributed by atoms with E-state index in [0.717, 1.165) is 22.2 Å². The van der Waals surface area contributed by atoms with Gasteiger partial charge in [0.1, 0.15) is 5.75 Å². The summed E-state index contributed by atoms with van der Waals surface area (Å²) >= 11 is 7.35. The molecule has 8 heteroatoms. The van der Waals surface area contributed by atoms with E-state index in [2.05, 4.69) is 15.6 Å². The van der Waals surface area contributed by atoms with Gasteiger partial charge in [-0.05, 0) is 55.3 Å². The molecule has 0 bridgehead atoms. The first-order chi connectivity index (χ1) is 13.4. The van der Waals surface area contributed by atoms with E-state index in [-0.39, 0.29) is 18.4 Å². The van der Waals surface area contributed by atoms with Crippen LogP contribution in [0.2, 0.25) is 5.02 Å². The predicted molar refractivity (Wildman–Crippen MR) is 113 cm³/mol. The van der Waals surface area contributed by atoms with Crippen molar-refractivity contribution in [3.8, 4) is 5.75 Å². The van der Waals surface area contributed by atoms with Gasteiger partial charge in [-0.25, -0.2) is 4.98 Å². The van der Waals surface area contributed by atoms with E-state index in [4.69, 9.17) is 16.3 Å². The van der Waals surface area contributed by atoms with E-state index in [1.165, 1.54) is 11.3 Å². The van der Waals surface area contributed by atoms with E-state index in [9.17, 15) is 9.59 Å². The molecule has 0 fully saturated rings. The summed E-state index contributed by atoms with van der Waals surface area (Å²) < 4.78 is 6.38. The molecule has 3 aromatic rings. The summed E-state index contributed by atoms with van der Waals surface area (Å²) in [5, 5.41) is 6.80. The molecule has 2 amide bonds. The van der Waals surface area contributed by atoms with Gasteiger partial charge in [-0.2, -0.15) is 0 Å². The van der Waals surface area contributed by atoms with E-state index >= 15 is 0 Å². The Labute approximate surface area is 171 Å². The second-order valence-corrected chi connectivity index (χ2v) is 7.69. The summed E-state index contributed by atoms with van der Waals surface area (Å²) in [7, 11) is 0. The normalized spacial score (nSPS) is 10.7. The number of nitrogens with zero attached hydrogens (tertiary/aromatic N) is 1. The van der Waals surface area contributed by atoms with Gasteiger partial charge in [0.2, 0.25) is 5.91 Å². The predicted octanol–water partition coefficient (Wildman–Crippen LogP) is 5.01. The Morgan fingerprint density at radius 2 is 1.96 bits per heavy atom. The molecule has 28 heavy (non-hydrogen) atoms. The largest absolute Gasteiger partial charge is 0.484 e. The number of aryl methyl sites for hydroxylation is 1. The Hall–Kier alpha value is -2.64. The highest BCUT2D eigenvalue weighted by molar-refractivity contribution is 7.22. The average molecular weight is 418 g/mol. The topological polar surface area (TPSA) is 80.3 Å². The van der Waals surface area contributed by atoms with Crippen LogP contribution in [-0.2, 0) is 9.59 Å². The molecule has 0 aliphatic heterocycles. The van der Waals surface area contributed by atoms with Crippen LogP contribution in [0, 0.1) is 6.92 Å². The van der Waals surface area contributed by atoms with Crippen LogP contribution in [0.1, 0.15) is 25.3 Å². The number of ether oxygens (including phenoxy) is 1. The number of amides is 2. The quantitative estimate of drug-likeness (QED) is 0.566. The van der Waals surface area contributed by atoms with Gasteiger partial charge < -0.3 is 15.4 Å². The standard InChI is InChI=1S/C20H20ClN3O3S/c1-3-4-18(25)24-20-23-16-8-5-13(10-17(16)28-20)22-19(26)11-27-14-6-7-15(21)12(2)9-14/h5-10H,3-4,11H2,1-2H3,(H,22,26)(H,23,24,25). The maximum atomic E-state index is 12.2.